The number of aromatic nitrogens is 2. The number of benzene rings is 1. The lowest BCUT2D eigenvalue weighted by Crippen LogP contribution is -2.07. The summed E-state index contributed by atoms with van der Waals surface area (Å²) >= 11 is 11.4. The minimum absolute atomic E-state index is 0.222. The van der Waals surface area contributed by atoms with E-state index in [1.165, 1.54) is 0 Å². The van der Waals surface area contributed by atoms with Crippen LogP contribution in [-0.2, 0) is 4.74 Å². The van der Waals surface area contributed by atoms with Gasteiger partial charge >= 0.3 is 5.97 Å². The fraction of sp³-hybridized carbons (Fsp3) is 0.0833. The molecule has 5 nitrogen and oxygen atoms in total. The minimum Gasteiger partial charge on any atom is -0.464 e. The lowest BCUT2D eigenvalue weighted by molar-refractivity contribution is 0.0593. The Labute approximate surface area is 127 Å². The number of methoxy groups -OCH3 is 1. The molecule has 2 rings (SSSR count). The highest BCUT2D eigenvalue weighted by atomic mass is 35.5. The van der Waals surface area contributed by atoms with Crippen LogP contribution < -0.4 is 4.74 Å². The van der Waals surface area contributed by atoms with Gasteiger partial charge in [0, 0.05) is 6.07 Å². The Morgan fingerprint density at radius 1 is 1.29 bits per heavy atom. The lowest BCUT2D eigenvalue weighted by atomic mass is 10.3. The van der Waals surface area contributed by atoms with Crippen molar-refractivity contribution in [2.75, 3.05) is 7.11 Å². The van der Waals surface area contributed by atoms with Gasteiger partial charge in [-0.2, -0.15) is 4.98 Å². The Kier molecular flexibility index (Phi) is 4.54. The second-order valence-electron chi connectivity index (χ2n) is 3.64. The molecule has 0 N–H and O–H groups in total. The number of carbonyl (C=O) groups is 1. The summed E-state index contributed by atoms with van der Waals surface area (Å²) in [6.45, 7) is 0. The molecule has 0 spiro atoms. The molecule has 0 aliphatic carbocycles. The van der Waals surface area contributed by atoms with Crippen LogP contribution >= 0.6 is 23.2 Å². The van der Waals surface area contributed by atoms with Crippen LogP contribution in [0, 0.1) is 11.6 Å². The van der Waals surface area contributed by atoms with Crippen molar-refractivity contribution in [3.8, 4) is 11.6 Å². The standard InChI is InChI=1S/C12H6Cl2F2N2O3/c1-20-12(19)9-11(14)18-8(4-17-9)21-10-6(13)2-5(15)3-7(10)16/h2-4H,1H3. The Bertz CT molecular complexity index is 690. The van der Waals surface area contributed by atoms with Crippen LogP contribution in [0.4, 0.5) is 8.78 Å². The van der Waals surface area contributed by atoms with Gasteiger partial charge in [0.15, 0.2) is 22.4 Å². The largest absolute Gasteiger partial charge is 0.464 e. The number of carbonyl (C=O) groups excluding carboxylic acids is 1. The van der Waals surface area contributed by atoms with Gasteiger partial charge in [-0.3, -0.25) is 0 Å². The first-order valence-corrected chi connectivity index (χ1v) is 6.11. The van der Waals surface area contributed by atoms with Gasteiger partial charge in [0.05, 0.1) is 18.3 Å². The molecule has 1 aromatic carbocycles. The van der Waals surface area contributed by atoms with Gasteiger partial charge in [-0.05, 0) is 6.07 Å². The highest BCUT2D eigenvalue weighted by Gasteiger charge is 2.17. The zero-order chi connectivity index (χ0) is 15.6. The van der Waals surface area contributed by atoms with E-state index < -0.39 is 23.4 Å². The average Bonchev–Trinajstić information content (AvgIpc) is 2.42. The van der Waals surface area contributed by atoms with Crippen molar-refractivity contribution in [3.63, 3.8) is 0 Å². The predicted octanol–water partition coefficient (Wildman–Crippen LogP) is 3.64. The van der Waals surface area contributed by atoms with Crippen molar-refractivity contribution in [2.24, 2.45) is 0 Å². The predicted molar refractivity (Wildman–Crippen MR) is 69.8 cm³/mol. The fourth-order valence-corrected chi connectivity index (χ4v) is 1.81. The van der Waals surface area contributed by atoms with E-state index in [0.717, 1.165) is 19.4 Å². The smallest absolute Gasteiger partial charge is 0.359 e. The summed E-state index contributed by atoms with van der Waals surface area (Å²) in [7, 11) is 1.15. The first kappa shape index (κ1) is 15.4. The summed E-state index contributed by atoms with van der Waals surface area (Å²) in [6, 6.07) is 1.47. The number of nitrogens with zero attached hydrogens (tertiary/aromatic N) is 2. The fourth-order valence-electron chi connectivity index (χ4n) is 1.37. The van der Waals surface area contributed by atoms with Crippen molar-refractivity contribution in [3.05, 3.63) is 45.8 Å². The highest BCUT2D eigenvalue weighted by Crippen LogP contribution is 2.32. The molecule has 0 radical (unpaired) electrons. The normalized spacial score (nSPS) is 10.3. The molecule has 0 fully saturated rings. The molecule has 21 heavy (non-hydrogen) atoms. The monoisotopic (exact) mass is 334 g/mol. The molecule has 0 atom stereocenters. The summed E-state index contributed by atoms with van der Waals surface area (Å²) in [5.74, 6) is -3.32. The van der Waals surface area contributed by atoms with Crippen LogP contribution in [0.25, 0.3) is 0 Å². The Hall–Kier alpha value is -1.99. The van der Waals surface area contributed by atoms with E-state index in [-0.39, 0.29) is 21.7 Å². The van der Waals surface area contributed by atoms with Crippen molar-refractivity contribution in [2.45, 2.75) is 0 Å². The van der Waals surface area contributed by atoms with E-state index in [4.69, 9.17) is 27.9 Å². The first-order valence-electron chi connectivity index (χ1n) is 5.35. The first-order chi connectivity index (χ1) is 9.92. The lowest BCUT2D eigenvalue weighted by Gasteiger charge is -2.08. The zero-order valence-corrected chi connectivity index (χ0v) is 11.9. The molecule has 0 aliphatic rings. The third-order valence-corrected chi connectivity index (χ3v) is 2.80. The van der Waals surface area contributed by atoms with E-state index in [1.807, 2.05) is 0 Å². The molecule has 0 amide bonds. The summed E-state index contributed by atoms with van der Waals surface area (Å²) in [6.07, 6.45) is 1.03. The molecule has 2 aromatic rings. The molecule has 9 heteroatoms. The molecular formula is C12H6Cl2F2N2O3. The second kappa shape index (κ2) is 6.19. The summed E-state index contributed by atoms with van der Waals surface area (Å²) in [4.78, 5) is 18.7. The zero-order valence-electron chi connectivity index (χ0n) is 10.4. The molecule has 0 saturated carbocycles. The van der Waals surface area contributed by atoms with Crippen LogP contribution in [-0.4, -0.2) is 23.0 Å². The van der Waals surface area contributed by atoms with Gasteiger partial charge < -0.3 is 9.47 Å². The minimum atomic E-state index is -1.02. The van der Waals surface area contributed by atoms with Gasteiger partial charge in [0.2, 0.25) is 5.88 Å². The van der Waals surface area contributed by atoms with Crippen molar-refractivity contribution in [1.29, 1.82) is 0 Å². The van der Waals surface area contributed by atoms with Crippen LogP contribution in [0.15, 0.2) is 18.3 Å². The highest BCUT2D eigenvalue weighted by molar-refractivity contribution is 6.32. The van der Waals surface area contributed by atoms with Crippen LogP contribution in [0.1, 0.15) is 10.5 Å². The third kappa shape index (κ3) is 3.37. The van der Waals surface area contributed by atoms with E-state index >= 15 is 0 Å². The molecule has 110 valence electrons. The Balaban J connectivity index is 2.33. The number of rotatable bonds is 3. The van der Waals surface area contributed by atoms with Crippen LogP contribution in [0.5, 0.6) is 11.6 Å². The second-order valence-corrected chi connectivity index (χ2v) is 4.41. The maximum Gasteiger partial charge on any atom is 0.359 e. The van der Waals surface area contributed by atoms with Crippen LogP contribution in [0.3, 0.4) is 0 Å². The van der Waals surface area contributed by atoms with Crippen molar-refractivity contribution < 1.29 is 23.0 Å². The molecule has 0 bridgehead atoms. The SMILES string of the molecule is COC(=O)c1ncc(Oc2c(F)cc(F)cc2Cl)nc1Cl. The molecular weight excluding hydrogens is 329 g/mol. The summed E-state index contributed by atoms with van der Waals surface area (Å²) in [5, 5.41) is -0.583. The maximum atomic E-state index is 13.6. The molecule has 1 aromatic heterocycles. The van der Waals surface area contributed by atoms with Gasteiger partial charge in [-0.15, -0.1) is 0 Å². The molecule has 0 aliphatic heterocycles. The van der Waals surface area contributed by atoms with Crippen LogP contribution in [0.2, 0.25) is 10.2 Å². The number of hydrogen-bond donors (Lipinski definition) is 0. The van der Waals surface area contributed by atoms with Crippen molar-refractivity contribution in [1.82, 2.24) is 9.97 Å². The third-order valence-electron chi connectivity index (χ3n) is 2.26. The maximum absolute atomic E-state index is 13.6. The topological polar surface area (TPSA) is 61.3 Å². The molecule has 1 heterocycles. The number of esters is 1. The van der Waals surface area contributed by atoms with Crippen molar-refractivity contribution >= 4 is 29.2 Å². The summed E-state index contributed by atoms with van der Waals surface area (Å²) < 4.78 is 36.0. The average molecular weight is 335 g/mol. The quantitative estimate of drug-likeness (QED) is 0.802. The van der Waals surface area contributed by atoms with Gasteiger partial charge in [0.1, 0.15) is 5.82 Å². The van der Waals surface area contributed by atoms with E-state index in [2.05, 4.69) is 14.7 Å². The van der Waals surface area contributed by atoms with E-state index in [1.54, 1.807) is 0 Å². The summed E-state index contributed by atoms with van der Waals surface area (Å²) in [5.41, 5.74) is -0.225. The number of hydrogen-bond acceptors (Lipinski definition) is 5. The number of ether oxygens (including phenoxy) is 2. The molecule has 0 unspecified atom stereocenters. The van der Waals surface area contributed by atoms with Gasteiger partial charge in [-0.1, -0.05) is 23.2 Å². The Morgan fingerprint density at radius 2 is 2.00 bits per heavy atom. The Morgan fingerprint density at radius 3 is 2.57 bits per heavy atom. The van der Waals surface area contributed by atoms with E-state index in [0.29, 0.717) is 6.07 Å². The van der Waals surface area contributed by atoms with Gasteiger partial charge in [-0.25, -0.2) is 18.6 Å². The number of halogens is 4. The molecule has 0 saturated heterocycles. The van der Waals surface area contributed by atoms with Gasteiger partial charge in [0.25, 0.3) is 0 Å². The van der Waals surface area contributed by atoms with E-state index in [9.17, 15) is 13.6 Å².